The van der Waals surface area contributed by atoms with Crippen LogP contribution in [0.1, 0.15) is 19.3 Å². The van der Waals surface area contributed by atoms with Crippen LogP contribution in [-0.4, -0.2) is 17.4 Å². The molecule has 0 aromatic heterocycles. The van der Waals surface area contributed by atoms with Crippen molar-refractivity contribution in [3.63, 3.8) is 0 Å². The number of hydrogen-bond donors (Lipinski definition) is 2. The van der Waals surface area contributed by atoms with Crippen molar-refractivity contribution >= 4 is 29.0 Å². The van der Waals surface area contributed by atoms with E-state index in [1.165, 1.54) is 11.5 Å². The van der Waals surface area contributed by atoms with E-state index >= 15 is 0 Å². The average Bonchev–Trinajstić information content (AvgIpc) is 2.33. The van der Waals surface area contributed by atoms with Gasteiger partial charge in [-0.15, -0.1) is 0 Å². The molecule has 92 valence electrons. The summed E-state index contributed by atoms with van der Waals surface area (Å²) in [6.45, 7) is 0. The first-order chi connectivity index (χ1) is 8.25. The first-order valence-corrected chi connectivity index (χ1v) is 7.13. The van der Waals surface area contributed by atoms with E-state index in [-0.39, 0.29) is 5.91 Å². The van der Waals surface area contributed by atoms with Crippen molar-refractivity contribution < 1.29 is 4.79 Å². The van der Waals surface area contributed by atoms with E-state index in [2.05, 4.69) is 5.32 Å². The Morgan fingerprint density at radius 3 is 2.76 bits per heavy atom. The van der Waals surface area contributed by atoms with Gasteiger partial charge in [-0.3, -0.25) is 4.79 Å². The Hall–Kier alpha value is -1.16. The maximum atomic E-state index is 11.9. The van der Waals surface area contributed by atoms with Gasteiger partial charge >= 0.3 is 0 Å². The summed E-state index contributed by atoms with van der Waals surface area (Å²) in [6.07, 6.45) is 2.93. The SMILES string of the molecule is Nc1ccccc1NC(=O)CC1CCSCC1. The molecule has 3 N–H and O–H groups in total. The maximum absolute atomic E-state index is 11.9. The normalized spacial score (nSPS) is 16.7. The largest absolute Gasteiger partial charge is 0.397 e. The van der Waals surface area contributed by atoms with Crippen molar-refractivity contribution in [2.24, 2.45) is 5.92 Å². The number of para-hydroxylation sites is 2. The minimum Gasteiger partial charge on any atom is -0.397 e. The van der Waals surface area contributed by atoms with E-state index in [1.807, 2.05) is 30.0 Å². The summed E-state index contributed by atoms with van der Waals surface area (Å²) in [5.74, 6) is 3.00. The Kier molecular flexibility index (Phi) is 4.31. The molecule has 0 atom stereocenters. The molecule has 0 spiro atoms. The zero-order chi connectivity index (χ0) is 12.1. The van der Waals surface area contributed by atoms with Crippen LogP contribution >= 0.6 is 11.8 Å². The highest BCUT2D eigenvalue weighted by atomic mass is 32.2. The van der Waals surface area contributed by atoms with Crippen molar-refractivity contribution in [2.75, 3.05) is 22.6 Å². The van der Waals surface area contributed by atoms with Crippen molar-refractivity contribution in [2.45, 2.75) is 19.3 Å². The van der Waals surface area contributed by atoms with Crippen LogP contribution in [0.2, 0.25) is 0 Å². The zero-order valence-electron chi connectivity index (χ0n) is 9.82. The fourth-order valence-electron chi connectivity index (χ4n) is 2.02. The van der Waals surface area contributed by atoms with Gasteiger partial charge in [0.1, 0.15) is 0 Å². The highest BCUT2D eigenvalue weighted by Crippen LogP contribution is 2.26. The van der Waals surface area contributed by atoms with Crippen molar-refractivity contribution in [1.29, 1.82) is 0 Å². The minimum atomic E-state index is 0.0831. The third kappa shape index (κ3) is 3.66. The molecule has 0 aliphatic carbocycles. The van der Waals surface area contributed by atoms with E-state index in [9.17, 15) is 4.79 Å². The number of nitrogens with two attached hydrogens (primary N) is 1. The van der Waals surface area contributed by atoms with Gasteiger partial charge in [0, 0.05) is 6.42 Å². The van der Waals surface area contributed by atoms with Crippen LogP contribution in [0.5, 0.6) is 0 Å². The third-order valence-electron chi connectivity index (χ3n) is 3.05. The summed E-state index contributed by atoms with van der Waals surface area (Å²) in [6, 6.07) is 7.38. The number of hydrogen-bond acceptors (Lipinski definition) is 3. The van der Waals surface area contributed by atoms with Crippen LogP contribution in [0.3, 0.4) is 0 Å². The van der Waals surface area contributed by atoms with Gasteiger partial charge in [-0.1, -0.05) is 12.1 Å². The number of amides is 1. The molecule has 4 heteroatoms. The van der Waals surface area contributed by atoms with E-state index in [4.69, 9.17) is 5.73 Å². The smallest absolute Gasteiger partial charge is 0.224 e. The van der Waals surface area contributed by atoms with Gasteiger partial charge in [-0.2, -0.15) is 11.8 Å². The Morgan fingerprint density at radius 2 is 2.06 bits per heavy atom. The van der Waals surface area contributed by atoms with Gasteiger partial charge in [0.05, 0.1) is 11.4 Å². The molecule has 1 amide bonds. The first kappa shape index (κ1) is 12.3. The maximum Gasteiger partial charge on any atom is 0.224 e. The molecule has 0 bridgehead atoms. The van der Waals surface area contributed by atoms with Gasteiger partial charge in [-0.05, 0) is 42.4 Å². The summed E-state index contributed by atoms with van der Waals surface area (Å²) in [4.78, 5) is 11.9. The van der Waals surface area contributed by atoms with Crippen LogP contribution in [0.25, 0.3) is 0 Å². The molecule has 1 aliphatic heterocycles. The monoisotopic (exact) mass is 250 g/mol. The molecule has 1 aromatic rings. The Labute approximate surface area is 106 Å². The van der Waals surface area contributed by atoms with E-state index in [0.717, 1.165) is 18.5 Å². The highest BCUT2D eigenvalue weighted by molar-refractivity contribution is 7.99. The Balaban J connectivity index is 1.86. The Bertz CT molecular complexity index is 389. The summed E-state index contributed by atoms with van der Waals surface area (Å²) in [7, 11) is 0. The van der Waals surface area contributed by atoms with Gasteiger partial charge in [0.25, 0.3) is 0 Å². The van der Waals surface area contributed by atoms with Crippen LogP contribution in [0.4, 0.5) is 11.4 Å². The predicted molar refractivity (Wildman–Crippen MR) is 74.2 cm³/mol. The number of benzene rings is 1. The molecule has 17 heavy (non-hydrogen) atoms. The number of carbonyl (C=O) groups excluding carboxylic acids is 1. The van der Waals surface area contributed by atoms with Crippen molar-refractivity contribution in [3.8, 4) is 0 Å². The molecule has 1 fully saturated rings. The quantitative estimate of drug-likeness (QED) is 0.811. The molecule has 0 saturated carbocycles. The number of thioether (sulfide) groups is 1. The molecular weight excluding hydrogens is 232 g/mol. The molecule has 1 aliphatic rings. The topological polar surface area (TPSA) is 55.1 Å². The average molecular weight is 250 g/mol. The summed E-state index contributed by atoms with van der Waals surface area (Å²) >= 11 is 1.98. The second-order valence-corrected chi connectivity index (χ2v) is 5.62. The summed E-state index contributed by atoms with van der Waals surface area (Å²) in [5, 5.41) is 2.89. The fraction of sp³-hybridized carbons (Fsp3) is 0.462. The molecular formula is C13H18N2OS. The van der Waals surface area contributed by atoms with E-state index < -0.39 is 0 Å². The van der Waals surface area contributed by atoms with Gasteiger partial charge in [0.15, 0.2) is 0 Å². The summed E-state index contributed by atoms with van der Waals surface area (Å²) in [5.41, 5.74) is 7.13. The molecule has 3 nitrogen and oxygen atoms in total. The van der Waals surface area contributed by atoms with Crippen LogP contribution in [0.15, 0.2) is 24.3 Å². The van der Waals surface area contributed by atoms with Gasteiger partial charge in [0.2, 0.25) is 5.91 Å². The second-order valence-electron chi connectivity index (χ2n) is 4.40. The fourth-order valence-corrected chi connectivity index (χ4v) is 3.23. The molecule has 1 saturated heterocycles. The summed E-state index contributed by atoms with van der Waals surface area (Å²) < 4.78 is 0. The predicted octanol–water partition coefficient (Wildman–Crippen LogP) is 2.74. The lowest BCUT2D eigenvalue weighted by Gasteiger charge is -2.20. The standard InChI is InChI=1S/C13H18N2OS/c14-11-3-1-2-4-12(11)15-13(16)9-10-5-7-17-8-6-10/h1-4,10H,5-9,14H2,(H,15,16). The van der Waals surface area contributed by atoms with Gasteiger partial charge in [-0.25, -0.2) is 0 Å². The number of nitrogens with one attached hydrogen (secondary N) is 1. The van der Waals surface area contributed by atoms with Gasteiger partial charge < -0.3 is 11.1 Å². The van der Waals surface area contributed by atoms with E-state index in [0.29, 0.717) is 18.0 Å². The zero-order valence-corrected chi connectivity index (χ0v) is 10.6. The highest BCUT2D eigenvalue weighted by Gasteiger charge is 2.17. The van der Waals surface area contributed by atoms with Crippen LogP contribution < -0.4 is 11.1 Å². The third-order valence-corrected chi connectivity index (χ3v) is 4.10. The molecule has 2 rings (SSSR count). The number of nitrogen functional groups attached to an aromatic ring is 1. The first-order valence-electron chi connectivity index (χ1n) is 5.98. The van der Waals surface area contributed by atoms with Crippen LogP contribution in [-0.2, 0) is 4.79 Å². The van der Waals surface area contributed by atoms with E-state index in [1.54, 1.807) is 6.07 Å². The lowest BCUT2D eigenvalue weighted by Crippen LogP contribution is -2.20. The second kappa shape index (κ2) is 5.96. The van der Waals surface area contributed by atoms with Crippen LogP contribution in [0, 0.1) is 5.92 Å². The molecule has 1 heterocycles. The minimum absolute atomic E-state index is 0.0831. The lowest BCUT2D eigenvalue weighted by atomic mass is 9.98. The molecule has 0 unspecified atom stereocenters. The number of anilines is 2. The lowest BCUT2D eigenvalue weighted by molar-refractivity contribution is -0.117. The number of rotatable bonds is 3. The Morgan fingerprint density at radius 1 is 1.35 bits per heavy atom. The van der Waals surface area contributed by atoms with Crippen molar-refractivity contribution in [1.82, 2.24) is 0 Å². The number of carbonyl (C=O) groups is 1. The van der Waals surface area contributed by atoms with Crippen molar-refractivity contribution in [3.05, 3.63) is 24.3 Å². The molecule has 0 radical (unpaired) electrons. The molecule has 1 aromatic carbocycles.